The van der Waals surface area contributed by atoms with E-state index in [1.807, 2.05) is 6.92 Å². The lowest BCUT2D eigenvalue weighted by molar-refractivity contribution is -0.142. The molecule has 7 nitrogen and oxygen atoms in total. The molecule has 3 aliphatic rings. The molecule has 0 radical (unpaired) electrons. The molecule has 32 heavy (non-hydrogen) atoms. The van der Waals surface area contributed by atoms with Crippen molar-refractivity contribution in [3.8, 4) is 0 Å². The largest absolute Gasteiger partial charge is 0.392 e. The molecule has 0 aromatic carbocycles. The van der Waals surface area contributed by atoms with Crippen LogP contribution in [0.2, 0.25) is 0 Å². The third kappa shape index (κ3) is 4.54. The molecule has 4 rings (SSSR count). The summed E-state index contributed by atoms with van der Waals surface area (Å²) in [6, 6.07) is 0.280. The van der Waals surface area contributed by atoms with Crippen molar-refractivity contribution in [2.45, 2.75) is 90.3 Å². The number of aromatic nitrogens is 2. The highest BCUT2D eigenvalue weighted by Crippen LogP contribution is 2.55. The summed E-state index contributed by atoms with van der Waals surface area (Å²) < 4.78 is 0. The van der Waals surface area contributed by atoms with E-state index >= 15 is 0 Å². The van der Waals surface area contributed by atoms with E-state index in [1.165, 1.54) is 31.6 Å². The van der Waals surface area contributed by atoms with Gasteiger partial charge in [0.05, 0.1) is 11.7 Å². The number of aliphatic hydroxyl groups excluding tert-OH is 1. The van der Waals surface area contributed by atoms with Gasteiger partial charge in [0, 0.05) is 30.4 Å². The Morgan fingerprint density at radius 1 is 1.09 bits per heavy atom. The van der Waals surface area contributed by atoms with Gasteiger partial charge >= 0.3 is 0 Å². The van der Waals surface area contributed by atoms with Crippen LogP contribution in [-0.4, -0.2) is 45.1 Å². The lowest BCUT2D eigenvalue weighted by Gasteiger charge is -2.56. The van der Waals surface area contributed by atoms with E-state index in [0.29, 0.717) is 11.6 Å². The molecule has 0 bridgehead atoms. The highest BCUT2D eigenvalue weighted by atomic mass is 16.3. The van der Waals surface area contributed by atoms with Gasteiger partial charge in [0.2, 0.25) is 5.91 Å². The third-order valence-corrected chi connectivity index (χ3v) is 8.78. The zero-order valence-electron chi connectivity index (χ0n) is 19.6. The minimum absolute atomic E-state index is 0.0168. The van der Waals surface area contributed by atoms with Gasteiger partial charge in [0.15, 0.2) is 0 Å². The molecule has 0 spiro atoms. The molecule has 0 aliphatic heterocycles. The number of rotatable bonds is 5. The maximum absolute atomic E-state index is 12.9. The Bertz CT molecular complexity index is 813. The minimum Gasteiger partial charge on any atom is -0.392 e. The standard InChI is InChI=1S/C25H38N4O3/c1-15(23(31)28-18-6-4-5-7-18)19-8-10-25(3)11-9-20(16(2)21(25)22(19)30)29-24(32)17-12-26-14-27-13-17/h12-16,18-22,30H,4-11H2,1-3H3,(H,28,31)(H,29,32)/t15-,16+,19-,20-,21+,22-,25-/m0/s1. The molecular formula is C25H38N4O3. The summed E-state index contributed by atoms with van der Waals surface area (Å²) in [5.41, 5.74) is 0.487. The van der Waals surface area contributed by atoms with Crippen LogP contribution in [0.4, 0.5) is 0 Å². The fraction of sp³-hybridized carbons (Fsp3) is 0.760. The maximum atomic E-state index is 12.9. The monoisotopic (exact) mass is 442 g/mol. The smallest absolute Gasteiger partial charge is 0.254 e. The number of carbonyl (C=O) groups is 2. The number of nitrogens with one attached hydrogen (secondary N) is 2. The molecular weight excluding hydrogens is 404 g/mol. The summed E-state index contributed by atoms with van der Waals surface area (Å²) in [7, 11) is 0. The van der Waals surface area contributed by atoms with Crippen molar-refractivity contribution in [2.24, 2.45) is 29.1 Å². The summed E-state index contributed by atoms with van der Waals surface area (Å²) in [5.74, 6) is -0.175. The van der Waals surface area contributed by atoms with Crippen LogP contribution < -0.4 is 10.6 Å². The Morgan fingerprint density at radius 2 is 1.75 bits per heavy atom. The fourth-order valence-corrected chi connectivity index (χ4v) is 6.76. The van der Waals surface area contributed by atoms with Gasteiger partial charge in [-0.1, -0.05) is 33.6 Å². The molecule has 2 amide bonds. The van der Waals surface area contributed by atoms with Gasteiger partial charge in [-0.25, -0.2) is 9.97 Å². The van der Waals surface area contributed by atoms with Crippen LogP contribution in [0.5, 0.6) is 0 Å². The predicted octanol–water partition coefficient (Wildman–Crippen LogP) is 3.09. The van der Waals surface area contributed by atoms with Gasteiger partial charge < -0.3 is 15.7 Å². The topological polar surface area (TPSA) is 104 Å². The first kappa shape index (κ1) is 23.1. The lowest BCUT2D eigenvalue weighted by atomic mass is 9.51. The molecule has 3 N–H and O–H groups in total. The van der Waals surface area contributed by atoms with E-state index in [2.05, 4.69) is 34.4 Å². The van der Waals surface area contributed by atoms with E-state index < -0.39 is 6.10 Å². The number of hydrogen-bond donors (Lipinski definition) is 3. The third-order valence-electron chi connectivity index (χ3n) is 8.78. The van der Waals surface area contributed by atoms with Crippen LogP contribution in [0.15, 0.2) is 18.7 Å². The number of hydrogen-bond acceptors (Lipinski definition) is 5. The molecule has 7 atom stereocenters. The van der Waals surface area contributed by atoms with Gasteiger partial charge in [-0.2, -0.15) is 0 Å². The second-order valence-corrected chi connectivity index (χ2v) is 10.8. The molecule has 0 saturated heterocycles. The second kappa shape index (κ2) is 9.46. The zero-order chi connectivity index (χ0) is 22.9. The van der Waals surface area contributed by atoms with Crippen molar-refractivity contribution in [3.63, 3.8) is 0 Å². The van der Waals surface area contributed by atoms with E-state index in [1.54, 1.807) is 0 Å². The molecule has 1 heterocycles. The summed E-state index contributed by atoms with van der Waals surface area (Å²) in [5, 5.41) is 17.9. The Labute approximate surface area is 191 Å². The molecule has 3 aliphatic carbocycles. The molecule has 3 fully saturated rings. The van der Waals surface area contributed by atoms with Crippen LogP contribution in [0.25, 0.3) is 0 Å². The lowest BCUT2D eigenvalue weighted by Crippen LogP contribution is -2.58. The van der Waals surface area contributed by atoms with Crippen LogP contribution in [0.1, 0.15) is 82.5 Å². The van der Waals surface area contributed by atoms with Gasteiger partial charge in [-0.15, -0.1) is 0 Å². The van der Waals surface area contributed by atoms with Crippen molar-refractivity contribution in [2.75, 3.05) is 0 Å². The summed E-state index contributed by atoms with van der Waals surface area (Å²) >= 11 is 0. The van der Waals surface area contributed by atoms with Crippen molar-refractivity contribution >= 4 is 11.8 Å². The van der Waals surface area contributed by atoms with E-state index in [-0.39, 0.29) is 46.9 Å². The predicted molar refractivity (Wildman–Crippen MR) is 122 cm³/mol. The fourth-order valence-electron chi connectivity index (χ4n) is 6.76. The van der Waals surface area contributed by atoms with E-state index in [4.69, 9.17) is 0 Å². The first-order valence-corrected chi connectivity index (χ1v) is 12.3. The second-order valence-electron chi connectivity index (χ2n) is 10.8. The minimum atomic E-state index is -0.548. The highest BCUT2D eigenvalue weighted by molar-refractivity contribution is 5.93. The summed E-state index contributed by atoms with van der Waals surface area (Å²) in [4.78, 5) is 33.5. The maximum Gasteiger partial charge on any atom is 0.254 e. The van der Waals surface area contributed by atoms with Gasteiger partial charge in [0.1, 0.15) is 6.33 Å². The number of amides is 2. The van der Waals surface area contributed by atoms with Crippen molar-refractivity contribution < 1.29 is 14.7 Å². The quantitative estimate of drug-likeness (QED) is 0.650. The Kier molecular flexibility index (Phi) is 6.84. The SMILES string of the molecule is C[C@H]1[C@@H]2[C@@H](O)[C@H]([C@H](C)C(=O)NC3CCCC3)CC[C@@]2(C)CC[C@@H]1NC(=O)c1cncnc1. The summed E-state index contributed by atoms with van der Waals surface area (Å²) in [6.45, 7) is 6.40. The number of nitrogens with zero attached hydrogens (tertiary/aromatic N) is 2. The van der Waals surface area contributed by atoms with Crippen molar-refractivity contribution in [1.82, 2.24) is 20.6 Å². The van der Waals surface area contributed by atoms with Crippen LogP contribution in [0, 0.1) is 29.1 Å². The molecule has 0 unspecified atom stereocenters. The van der Waals surface area contributed by atoms with Crippen LogP contribution in [0.3, 0.4) is 0 Å². The van der Waals surface area contributed by atoms with Gasteiger partial charge in [-0.05, 0) is 61.7 Å². The zero-order valence-corrected chi connectivity index (χ0v) is 19.6. The number of aliphatic hydroxyl groups is 1. The van der Waals surface area contributed by atoms with Gasteiger partial charge in [0.25, 0.3) is 5.91 Å². The van der Waals surface area contributed by atoms with Crippen molar-refractivity contribution in [3.05, 3.63) is 24.3 Å². The molecule has 176 valence electrons. The van der Waals surface area contributed by atoms with Crippen LogP contribution >= 0.6 is 0 Å². The van der Waals surface area contributed by atoms with Gasteiger partial charge in [-0.3, -0.25) is 9.59 Å². The average molecular weight is 443 g/mol. The molecule has 1 aromatic rings. The first-order chi connectivity index (χ1) is 15.3. The Morgan fingerprint density at radius 3 is 2.44 bits per heavy atom. The number of fused-ring (bicyclic) bond motifs is 1. The summed E-state index contributed by atoms with van der Waals surface area (Å²) in [6.07, 6.45) is 12.2. The average Bonchev–Trinajstić information content (AvgIpc) is 3.29. The molecule has 7 heteroatoms. The van der Waals surface area contributed by atoms with Crippen LogP contribution in [-0.2, 0) is 4.79 Å². The number of carbonyl (C=O) groups excluding carboxylic acids is 2. The van der Waals surface area contributed by atoms with Crippen molar-refractivity contribution in [1.29, 1.82) is 0 Å². The highest BCUT2D eigenvalue weighted by Gasteiger charge is 2.54. The van der Waals surface area contributed by atoms with E-state index in [0.717, 1.165) is 38.5 Å². The molecule has 1 aromatic heterocycles. The normalized spacial score (nSPS) is 36.2. The Hall–Kier alpha value is -2.02. The first-order valence-electron chi connectivity index (χ1n) is 12.3. The van der Waals surface area contributed by atoms with E-state index in [9.17, 15) is 14.7 Å². The molecule has 3 saturated carbocycles. The Balaban J connectivity index is 1.44.